The summed E-state index contributed by atoms with van der Waals surface area (Å²) in [7, 11) is 0. The Labute approximate surface area is 158 Å². The Balaban J connectivity index is 1.54. The van der Waals surface area contributed by atoms with Gasteiger partial charge in [0.1, 0.15) is 0 Å². The number of benzene rings is 2. The molecule has 0 unspecified atom stereocenters. The van der Waals surface area contributed by atoms with Crippen LogP contribution in [0.4, 0.5) is 0 Å². The summed E-state index contributed by atoms with van der Waals surface area (Å²) in [5.41, 5.74) is 4.09. The third-order valence-electron chi connectivity index (χ3n) is 4.56. The highest BCUT2D eigenvalue weighted by Crippen LogP contribution is 2.32. The second-order valence-corrected chi connectivity index (χ2v) is 6.56. The zero-order chi connectivity index (χ0) is 18.6. The first-order valence-corrected chi connectivity index (χ1v) is 8.83. The van der Waals surface area contributed by atoms with Gasteiger partial charge in [-0.1, -0.05) is 35.9 Å². The van der Waals surface area contributed by atoms with Crippen molar-refractivity contribution >= 4 is 5.91 Å². The van der Waals surface area contributed by atoms with E-state index in [0.717, 1.165) is 16.7 Å². The number of rotatable bonds is 5. The molecule has 1 amide bonds. The van der Waals surface area contributed by atoms with Gasteiger partial charge in [-0.3, -0.25) is 9.78 Å². The van der Waals surface area contributed by atoms with Crippen LogP contribution < -0.4 is 14.8 Å². The maximum atomic E-state index is 12.7. The smallest absolute Gasteiger partial charge is 0.231 e. The summed E-state index contributed by atoms with van der Waals surface area (Å²) in [6.45, 7) is 2.27. The minimum absolute atomic E-state index is 0.0590. The molecule has 0 fully saturated rings. The number of fused-ring (bicyclic) bond motifs is 1. The lowest BCUT2D eigenvalue weighted by molar-refractivity contribution is -0.120. The van der Waals surface area contributed by atoms with Gasteiger partial charge in [0, 0.05) is 12.4 Å². The van der Waals surface area contributed by atoms with E-state index in [1.165, 1.54) is 5.56 Å². The Hall–Kier alpha value is -3.34. The predicted molar refractivity (Wildman–Crippen MR) is 102 cm³/mol. The van der Waals surface area contributed by atoms with E-state index in [9.17, 15) is 4.79 Å². The van der Waals surface area contributed by atoms with Gasteiger partial charge >= 0.3 is 0 Å². The lowest BCUT2D eigenvalue weighted by atomic mass is 9.98. The van der Waals surface area contributed by atoms with Crippen LogP contribution in [0.1, 0.15) is 28.3 Å². The molecular formula is C22H20N2O3. The first kappa shape index (κ1) is 17.1. The van der Waals surface area contributed by atoms with Crippen LogP contribution in [0.5, 0.6) is 11.5 Å². The van der Waals surface area contributed by atoms with Crippen LogP contribution in [0.3, 0.4) is 0 Å². The number of carbonyl (C=O) groups is 1. The molecule has 2 heterocycles. The summed E-state index contributed by atoms with van der Waals surface area (Å²) >= 11 is 0. The summed E-state index contributed by atoms with van der Waals surface area (Å²) in [4.78, 5) is 16.8. The molecule has 0 spiro atoms. The van der Waals surface area contributed by atoms with Gasteiger partial charge in [0.25, 0.3) is 0 Å². The molecule has 1 aliphatic heterocycles. The number of amides is 1. The topological polar surface area (TPSA) is 60.5 Å². The van der Waals surface area contributed by atoms with E-state index in [-0.39, 0.29) is 25.2 Å². The zero-order valence-electron chi connectivity index (χ0n) is 15.0. The minimum atomic E-state index is -0.227. The molecule has 1 N–H and O–H groups in total. The largest absolute Gasteiger partial charge is 0.454 e. The van der Waals surface area contributed by atoms with Crippen molar-refractivity contribution in [3.05, 3.63) is 89.2 Å². The van der Waals surface area contributed by atoms with Gasteiger partial charge in [-0.05, 0) is 47.9 Å². The van der Waals surface area contributed by atoms with Crippen molar-refractivity contribution in [3.63, 3.8) is 0 Å². The van der Waals surface area contributed by atoms with Crippen molar-refractivity contribution in [2.24, 2.45) is 0 Å². The maximum Gasteiger partial charge on any atom is 0.231 e. The van der Waals surface area contributed by atoms with E-state index in [1.807, 2.05) is 61.5 Å². The number of carbonyl (C=O) groups excluding carboxylic acids is 1. The third-order valence-corrected chi connectivity index (χ3v) is 4.56. The van der Waals surface area contributed by atoms with E-state index < -0.39 is 0 Å². The molecule has 1 aromatic heterocycles. The van der Waals surface area contributed by atoms with E-state index in [4.69, 9.17) is 9.47 Å². The monoisotopic (exact) mass is 360 g/mol. The second kappa shape index (κ2) is 7.50. The number of pyridine rings is 1. The Morgan fingerprint density at radius 3 is 2.48 bits per heavy atom. The highest BCUT2D eigenvalue weighted by molar-refractivity contribution is 5.79. The summed E-state index contributed by atoms with van der Waals surface area (Å²) in [5.74, 6) is 1.34. The van der Waals surface area contributed by atoms with Crippen LogP contribution in [0.15, 0.2) is 67.0 Å². The predicted octanol–water partition coefficient (Wildman–Crippen LogP) is 3.57. The van der Waals surface area contributed by atoms with Crippen LogP contribution in [-0.2, 0) is 11.2 Å². The van der Waals surface area contributed by atoms with Gasteiger partial charge in [0.15, 0.2) is 11.5 Å². The van der Waals surface area contributed by atoms with Gasteiger partial charge in [0.05, 0.1) is 12.5 Å². The van der Waals surface area contributed by atoms with Crippen molar-refractivity contribution in [1.29, 1.82) is 0 Å². The Bertz CT molecular complexity index is 940. The molecule has 0 saturated heterocycles. The molecule has 5 nitrogen and oxygen atoms in total. The van der Waals surface area contributed by atoms with E-state index in [0.29, 0.717) is 11.5 Å². The second-order valence-electron chi connectivity index (χ2n) is 6.56. The number of hydrogen-bond acceptors (Lipinski definition) is 4. The molecular weight excluding hydrogens is 340 g/mol. The van der Waals surface area contributed by atoms with Crippen LogP contribution in [0, 0.1) is 6.92 Å². The van der Waals surface area contributed by atoms with Crippen molar-refractivity contribution in [2.45, 2.75) is 19.4 Å². The van der Waals surface area contributed by atoms with Gasteiger partial charge in [-0.25, -0.2) is 0 Å². The molecule has 1 aliphatic rings. The number of nitrogens with one attached hydrogen (secondary N) is 1. The molecule has 1 atom stereocenters. The van der Waals surface area contributed by atoms with Crippen LogP contribution in [0.2, 0.25) is 0 Å². The fourth-order valence-electron chi connectivity index (χ4n) is 3.12. The molecule has 0 bridgehead atoms. The van der Waals surface area contributed by atoms with E-state index in [2.05, 4.69) is 10.3 Å². The fraction of sp³-hybridized carbons (Fsp3) is 0.182. The highest BCUT2D eigenvalue weighted by atomic mass is 16.7. The number of aromatic nitrogens is 1. The molecule has 3 aromatic rings. The summed E-state index contributed by atoms with van der Waals surface area (Å²) in [5, 5.41) is 3.15. The molecule has 4 rings (SSSR count). The molecule has 5 heteroatoms. The number of ether oxygens (including phenoxy) is 2. The highest BCUT2D eigenvalue weighted by Gasteiger charge is 2.19. The van der Waals surface area contributed by atoms with Gasteiger partial charge in [-0.15, -0.1) is 0 Å². The summed E-state index contributed by atoms with van der Waals surface area (Å²) in [6, 6.07) is 17.4. The molecule has 0 aliphatic carbocycles. The summed E-state index contributed by atoms with van der Waals surface area (Å²) in [6.07, 6.45) is 3.74. The van der Waals surface area contributed by atoms with Gasteiger partial charge in [-0.2, -0.15) is 0 Å². The number of hydrogen-bond donors (Lipinski definition) is 1. The van der Waals surface area contributed by atoms with E-state index >= 15 is 0 Å². The van der Waals surface area contributed by atoms with Crippen molar-refractivity contribution in [1.82, 2.24) is 10.3 Å². The van der Waals surface area contributed by atoms with Crippen molar-refractivity contribution < 1.29 is 14.3 Å². The lowest BCUT2D eigenvalue weighted by Gasteiger charge is -2.20. The Morgan fingerprint density at radius 2 is 1.70 bits per heavy atom. The van der Waals surface area contributed by atoms with Gasteiger partial charge < -0.3 is 14.8 Å². The SMILES string of the molecule is Cc1ccc([C@H](NC(=O)Cc2ccc3c(c2)OCO3)c2ccncc2)cc1. The van der Waals surface area contributed by atoms with Crippen LogP contribution >= 0.6 is 0 Å². The van der Waals surface area contributed by atoms with Crippen LogP contribution in [0.25, 0.3) is 0 Å². The Kier molecular flexibility index (Phi) is 4.75. The Morgan fingerprint density at radius 1 is 1.00 bits per heavy atom. The van der Waals surface area contributed by atoms with E-state index in [1.54, 1.807) is 12.4 Å². The molecule has 2 aromatic carbocycles. The van der Waals surface area contributed by atoms with Crippen LogP contribution in [-0.4, -0.2) is 17.7 Å². The normalized spacial score (nSPS) is 13.2. The lowest BCUT2D eigenvalue weighted by Crippen LogP contribution is -2.30. The quantitative estimate of drug-likeness (QED) is 0.756. The first-order valence-electron chi connectivity index (χ1n) is 8.83. The average Bonchev–Trinajstić information content (AvgIpc) is 3.15. The molecule has 27 heavy (non-hydrogen) atoms. The number of nitrogens with zero attached hydrogens (tertiary/aromatic N) is 1. The van der Waals surface area contributed by atoms with Crippen molar-refractivity contribution in [2.75, 3.05) is 6.79 Å². The first-order chi connectivity index (χ1) is 13.2. The molecule has 136 valence electrons. The number of aryl methyl sites for hydroxylation is 1. The van der Waals surface area contributed by atoms with Gasteiger partial charge in [0.2, 0.25) is 12.7 Å². The maximum absolute atomic E-state index is 12.7. The molecule has 0 radical (unpaired) electrons. The molecule has 0 saturated carbocycles. The fourth-order valence-corrected chi connectivity index (χ4v) is 3.12. The standard InChI is InChI=1S/C22H20N2O3/c1-15-2-5-17(6-3-15)22(18-8-10-23-11-9-18)24-21(25)13-16-4-7-19-20(12-16)27-14-26-19/h2-12,22H,13-14H2,1H3,(H,24,25)/t22-/m0/s1. The minimum Gasteiger partial charge on any atom is -0.454 e. The van der Waals surface area contributed by atoms with Crippen molar-refractivity contribution in [3.8, 4) is 11.5 Å². The third kappa shape index (κ3) is 3.92. The zero-order valence-corrected chi connectivity index (χ0v) is 15.0. The average molecular weight is 360 g/mol. The summed E-state index contributed by atoms with van der Waals surface area (Å²) < 4.78 is 10.7.